The zero-order chi connectivity index (χ0) is 17.0. The average molecular weight is 338 g/mol. The van der Waals surface area contributed by atoms with Gasteiger partial charge < -0.3 is 15.2 Å². The van der Waals surface area contributed by atoms with Crippen molar-refractivity contribution in [2.75, 3.05) is 11.9 Å². The van der Waals surface area contributed by atoms with Gasteiger partial charge in [-0.1, -0.05) is 11.6 Å². The number of ether oxygens (including phenoxy) is 1. The molecular weight excluding hydrogens is 321 g/mol. The monoisotopic (exact) mass is 337 g/mol. The average Bonchev–Trinajstić information content (AvgIpc) is 2.50. The van der Waals surface area contributed by atoms with Crippen molar-refractivity contribution in [1.29, 1.82) is 0 Å². The molecule has 23 heavy (non-hydrogen) atoms. The summed E-state index contributed by atoms with van der Waals surface area (Å²) in [4.78, 5) is 12.2. The van der Waals surface area contributed by atoms with E-state index < -0.39 is 11.5 Å². The summed E-state index contributed by atoms with van der Waals surface area (Å²) < 4.78 is 18.1. The molecule has 6 heteroatoms. The Morgan fingerprint density at radius 2 is 1.96 bits per heavy atom. The van der Waals surface area contributed by atoms with E-state index in [2.05, 4.69) is 5.32 Å². The second-order valence-corrected chi connectivity index (χ2v) is 5.84. The number of benzene rings is 2. The maximum absolute atomic E-state index is 12.8. The van der Waals surface area contributed by atoms with Gasteiger partial charge in [-0.05, 0) is 61.9 Å². The quantitative estimate of drug-likeness (QED) is 0.877. The van der Waals surface area contributed by atoms with Crippen molar-refractivity contribution < 1.29 is 19.0 Å². The Hall–Kier alpha value is -2.11. The lowest BCUT2D eigenvalue weighted by Crippen LogP contribution is -2.45. The van der Waals surface area contributed by atoms with Crippen LogP contribution in [0.2, 0.25) is 5.02 Å². The Bertz CT molecular complexity index is 701. The molecule has 0 aliphatic carbocycles. The van der Waals surface area contributed by atoms with Gasteiger partial charge in [-0.2, -0.15) is 0 Å². The number of carbonyl (C=O) groups excluding carboxylic acids is 1. The molecule has 122 valence electrons. The Morgan fingerprint density at radius 3 is 2.57 bits per heavy atom. The van der Waals surface area contributed by atoms with Crippen molar-refractivity contribution in [3.63, 3.8) is 0 Å². The molecule has 2 N–H and O–H groups in total. The van der Waals surface area contributed by atoms with Crippen molar-refractivity contribution in [3.8, 4) is 5.75 Å². The van der Waals surface area contributed by atoms with Gasteiger partial charge in [0, 0.05) is 10.7 Å². The van der Waals surface area contributed by atoms with E-state index >= 15 is 0 Å². The van der Waals surface area contributed by atoms with Gasteiger partial charge in [0.2, 0.25) is 0 Å². The summed E-state index contributed by atoms with van der Waals surface area (Å²) in [5.41, 5.74) is -0.410. The van der Waals surface area contributed by atoms with E-state index in [9.17, 15) is 14.3 Å². The van der Waals surface area contributed by atoms with Crippen molar-refractivity contribution in [2.24, 2.45) is 0 Å². The highest BCUT2D eigenvalue weighted by Crippen LogP contribution is 2.21. The molecule has 0 fully saturated rings. The Labute approximate surface area is 138 Å². The Balaban J connectivity index is 1.98. The van der Waals surface area contributed by atoms with E-state index in [1.807, 2.05) is 6.92 Å². The number of rotatable bonds is 5. The summed E-state index contributed by atoms with van der Waals surface area (Å²) in [5, 5.41) is 13.4. The van der Waals surface area contributed by atoms with E-state index in [1.165, 1.54) is 31.2 Å². The fourth-order valence-electron chi connectivity index (χ4n) is 1.81. The summed E-state index contributed by atoms with van der Waals surface area (Å²) in [6, 6.07) is 10.3. The van der Waals surface area contributed by atoms with Crippen LogP contribution in [0.4, 0.5) is 10.1 Å². The van der Waals surface area contributed by atoms with Crippen LogP contribution in [0.5, 0.6) is 5.75 Å². The normalized spacial score (nSPS) is 13.3. The third-order valence-electron chi connectivity index (χ3n) is 3.24. The van der Waals surface area contributed by atoms with Crippen LogP contribution in [-0.4, -0.2) is 23.2 Å². The lowest BCUT2D eigenvalue weighted by atomic mass is 10.1. The zero-order valence-electron chi connectivity index (χ0n) is 12.8. The summed E-state index contributed by atoms with van der Waals surface area (Å²) in [6.45, 7) is 2.89. The minimum atomic E-state index is -1.75. The number of anilines is 1. The van der Waals surface area contributed by atoms with Crippen molar-refractivity contribution in [2.45, 2.75) is 19.4 Å². The van der Waals surface area contributed by atoms with E-state index in [1.54, 1.807) is 18.2 Å². The smallest absolute Gasteiger partial charge is 0.259 e. The number of hydrogen-bond donors (Lipinski definition) is 2. The third-order valence-corrected chi connectivity index (χ3v) is 3.66. The fourth-order valence-corrected chi connectivity index (χ4v) is 1.93. The zero-order valence-corrected chi connectivity index (χ0v) is 13.5. The lowest BCUT2D eigenvalue weighted by molar-refractivity contribution is -0.135. The predicted molar refractivity (Wildman–Crippen MR) is 87.3 cm³/mol. The molecule has 0 aromatic heterocycles. The van der Waals surface area contributed by atoms with Gasteiger partial charge in [-0.3, -0.25) is 4.79 Å². The van der Waals surface area contributed by atoms with E-state index in [0.717, 1.165) is 5.56 Å². The number of nitrogens with one attached hydrogen (secondary N) is 1. The molecule has 0 heterocycles. The number of aliphatic hydroxyl groups is 1. The molecule has 1 amide bonds. The molecule has 2 aromatic carbocycles. The summed E-state index contributed by atoms with van der Waals surface area (Å²) >= 11 is 5.93. The summed E-state index contributed by atoms with van der Waals surface area (Å²) in [7, 11) is 0. The minimum absolute atomic E-state index is 0.267. The van der Waals surface area contributed by atoms with Crippen LogP contribution in [0.3, 0.4) is 0 Å². The van der Waals surface area contributed by atoms with Gasteiger partial charge in [-0.15, -0.1) is 0 Å². The first kappa shape index (κ1) is 17.2. The van der Waals surface area contributed by atoms with Crippen LogP contribution in [0.25, 0.3) is 0 Å². The summed E-state index contributed by atoms with van der Waals surface area (Å²) in [6.07, 6.45) is 0. The first-order valence-electron chi connectivity index (χ1n) is 6.96. The second-order valence-electron chi connectivity index (χ2n) is 5.43. The fraction of sp³-hybridized carbons (Fsp3) is 0.235. The van der Waals surface area contributed by atoms with Gasteiger partial charge in [0.05, 0.1) is 0 Å². The SMILES string of the molecule is Cc1cc(NC(=O)[C@@](C)(O)COc2ccc(F)cc2)ccc1Cl. The molecule has 1 atom stereocenters. The van der Waals surface area contributed by atoms with Gasteiger partial charge in [-0.25, -0.2) is 4.39 Å². The first-order valence-corrected chi connectivity index (χ1v) is 7.34. The molecule has 0 unspecified atom stereocenters. The molecular formula is C17H17ClFNO3. The van der Waals surface area contributed by atoms with Gasteiger partial charge in [0.1, 0.15) is 18.2 Å². The lowest BCUT2D eigenvalue weighted by Gasteiger charge is -2.22. The van der Waals surface area contributed by atoms with E-state index in [-0.39, 0.29) is 12.4 Å². The second kappa shape index (κ2) is 6.98. The number of amides is 1. The highest BCUT2D eigenvalue weighted by molar-refractivity contribution is 6.31. The van der Waals surface area contributed by atoms with Crippen molar-refractivity contribution in [3.05, 3.63) is 58.9 Å². The van der Waals surface area contributed by atoms with Crippen LogP contribution in [-0.2, 0) is 4.79 Å². The van der Waals surface area contributed by atoms with Crippen LogP contribution < -0.4 is 10.1 Å². The summed E-state index contributed by atoms with van der Waals surface area (Å²) in [5.74, 6) is -0.636. The maximum Gasteiger partial charge on any atom is 0.259 e. The number of aryl methyl sites for hydroxylation is 1. The van der Waals surface area contributed by atoms with Gasteiger partial charge in [0.25, 0.3) is 5.91 Å². The molecule has 0 spiro atoms. The molecule has 0 saturated heterocycles. The topological polar surface area (TPSA) is 58.6 Å². The first-order chi connectivity index (χ1) is 10.8. The van der Waals surface area contributed by atoms with E-state index in [0.29, 0.717) is 16.5 Å². The number of carbonyl (C=O) groups is 1. The maximum atomic E-state index is 12.8. The third kappa shape index (κ3) is 4.68. The number of halogens is 2. The Morgan fingerprint density at radius 1 is 1.30 bits per heavy atom. The van der Waals surface area contributed by atoms with Crippen LogP contribution in [0.1, 0.15) is 12.5 Å². The van der Waals surface area contributed by atoms with Gasteiger partial charge in [0.15, 0.2) is 5.60 Å². The number of hydrogen-bond acceptors (Lipinski definition) is 3. The molecule has 0 saturated carbocycles. The van der Waals surface area contributed by atoms with Crippen molar-refractivity contribution in [1.82, 2.24) is 0 Å². The molecule has 4 nitrogen and oxygen atoms in total. The highest BCUT2D eigenvalue weighted by atomic mass is 35.5. The molecule has 0 radical (unpaired) electrons. The molecule has 0 bridgehead atoms. The highest BCUT2D eigenvalue weighted by Gasteiger charge is 2.31. The molecule has 2 aromatic rings. The molecule has 0 aliphatic rings. The molecule has 0 aliphatic heterocycles. The standard InChI is InChI=1S/C17H17ClFNO3/c1-11-9-13(5-8-15(11)18)20-16(21)17(2,22)10-23-14-6-3-12(19)4-7-14/h3-9,22H,10H2,1-2H3,(H,20,21)/t17-/m0/s1. The van der Waals surface area contributed by atoms with Crippen molar-refractivity contribution >= 4 is 23.2 Å². The van der Waals surface area contributed by atoms with Gasteiger partial charge >= 0.3 is 0 Å². The Kier molecular flexibility index (Phi) is 5.23. The molecule has 2 rings (SSSR count). The van der Waals surface area contributed by atoms with Crippen LogP contribution in [0, 0.1) is 12.7 Å². The predicted octanol–water partition coefficient (Wildman–Crippen LogP) is 3.56. The van der Waals surface area contributed by atoms with Crippen LogP contribution >= 0.6 is 11.6 Å². The van der Waals surface area contributed by atoms with E-state index in [4.69, 9.17) is 16.3 Å². The largest absolute Gasteiger partial charge is 0.490 e. The minimum Gasteiger partial charge on any atom is -0.490 e. The van der Waals surface area contributed by atoms with Crippen LogP contribution in [0.15, 0.2) is 42.5 Å².